The maximum Gasteiger partial charge on any atom is 0.231 e. The summed E-state index contributed by atoms with van der Waals surface area (Å²) in [7, 11) is 1.78. The fourth-order valence-corrected chi connectivity index (χ4v) is 3.11. The second kappa shape index (κ2) is 8.98. The zero-order valence-electron chi connectivity index (χ0n) is 15.1. The first kappa shape index (κ1) is 19.3. The van der Waals surface area contributed by atoms with Crippen LogP contribution in [-0.2, 0) is 13.0 Å². The molecular formula is C20H23IN4O2. The maximum absolute atomic E-state index is 5.41. The molecule has 3 N–H and O–H groups in total. The van der Waals surface area contributed by atoms with E-state index in [0.717, 1.165) is 36.0 Å². The average Bonchev–Trinajstić information content (AvgIpc) is 3.31. The Hall–Kier alpha value is -2.42. The van der Waals surface area contributed by atoms with Crippen LogP contribution in [0, 0.1) is 0 Å². The molecule has 0 spiro atoms. The number of aromatic nitrogens is 1. The normalized spacial score (nSPS) is 12.7. The Morgan fingerprint density at radius 1 is 1.11 bits per heavy atom. The zero-order valence-corrected chi connectivity index (χ0v) is 17.4. The van der Waals surface area contributed by atoms with E-state index in [1.54, 1.807) is 7.05 Å². The monoisotopic (exact) mass is 478 g/mol. The molecule has 7 heteroatoms. The molecule has 1 aliphatic heterocycles. The van der Waals surface area contributed by atoms with Crippen molar-refractivity contribution < 1.29 is 9.47 Å². The third-order valence-corrected chi connectivity index (χ3v) is 4.48. The van der Waals surface area contributed by atoms with E-state index in [9.17, 15) is 0 Å². The Balaban J connectivity index is 0.00000210. The highest BCUT2D eigenvalue weighted by molar-refractivity contribution is 14.0. The molecule has 6 nitrogen and oxygen atoms in total. The van der Waals surface area contributed by atoms with E-state index in [4.69, 9.17) is 9.47 Å². The van der Waals surface area contributed by atoms with Crippen LogP contribution in [0.3, 0.4) is 0 Å². The van der Waals surface area contributed by atoms with Gasteiger partial charge in [-0.05, 0) is 35.7 Å². The van der Waals surface area contributed by atoms with Crippen LogP contribution in [-0.4, -0.2) is 31.3 Å². The van der Waals surface area contributed by atoms with Crippen molar-refractivity contribution in [1.29, 1.82) is 0 Å². The predicted octanol–water partition coefficient (Wildman–Crippen LogP) is 3.42. The summed E-state index contributed by atoms with van der Waals surface area (Å²) in [6, 6.07) is 14.3. The van der Waals surface area contributed by atoms with Gasteiger partial charge in [0.05, 0.1) is 0 Å². The van der Waals surface area contributed by atoms with Gasteiger partial charge in [-0.15, -0.1) is 24.0 Å². The lowest BCUT2D eigenvalue weighted by Gasteiger charge is -2.12. The molecule has 0 aliphatic carbocycles. The number of hydrogen-bond donors (Lipinski definition) is 3. The van der Waals surface area contributed by atoms with Gasteiger partial charge in [0.2, 0.25) is 6.79 Å². The van der Waals surface area contributed by atoms with Gasteiger partial charge in [0.1, 0.15) is 0 Å². The Bertz CT molecular complexity index is 939. The summed E-state index contributed by atoms with van der Waals surface area (Å²) in [5.74, 6) is 2.38. The molecule has 0 saturated heterocycles. The molecule has 1 aromatic heterocycles. The van der Waals surface area contributed by atoms with Crippen molar-refractivity contribution in [3.05, 3.63) is 59.8 Å². The summed E-state index contributed by atoms with van der Waals surface area (Å²) in [6.45, 7) is 1.77. The summed E-state index contributed by atoms with van der Waals surface area (Å²) >= 11 is 0. The van der Waals surface area contributed by atoms with Crippen LogP contribution in [0.4, 0.5) is 0 Å². The fraction of sp³-hybridized carbons (Fsp3) is 0.250. The van der Waals surface area contributed by atoms with E-state index in [1.807, 2.05) is 24.3 Å². The van der Waals surface area contributed by atoms with Gasteiger partial charge in [-0.3, -0.25) is 4.99 Å². The lowest BCUT2D eigenvalue weighted by atomic mass is 10.1. The number of nitrogens with one attached hydrogen (secondary N) is 3. The number of aliphatic imine (C=N–C) groups is 1. The third-order valence-electron chi connectivity index (χ3n) is 4.48. The molecule has 0 radical (unpaired) electrons. The highest BCUT2D eigenvalue weighted by Crippen LogP contribution is 2.32. The van der Waals surface area contributed by atoms with Gasteiger partial charge in [-0.1, -0.05) is 24.3 Å². The molecule has 0 saturated carbocycles. The van der Waals surface area contributed by atoms with Gasteiger partial charge in [0, 0.05) is 37.2 Å². The van der Waals surface area contributed by atoms with Crippen LogP contribution in [0.15, 0.2) is 53.7 Å². The molecule has 0 amide bonds. The van der Waals surface area contributed by atoms with E-state index in [0.29, 0.717) is 13.3 Å². The molecule has 0 fully saturated rings. The van der Waals surface area contributed by atoms with Gasteiger partial charge in [-0.2, -0.15) is 0 Å². The van der Waals surface area contributed by atoms with Gasteiger partial charge in [0.15, 0.2) is 17.5 Å². The van der Waals surface area contributed by atoms with Crippen molar-refractivity contribution in [1.82, 2.24) is 15.6 Å². The third kappa shape index (κ3) is 4.47. The molecule has 2 heterocycles. The van der Waals surface area contributed by atoms with Crippen molar-refractivity contribution in [3.8, 4) is 11.5 Å². The molecule has 142 valence electrons. The molecular weight excluding hydrogens is 455 g/mol. The first-order valence-electron chi connectivity index (χ1n) is 8.71. The van der Waals surface area contributed by atoms with Crippen LogP contribution in [0.1, 0.15) is 11.1 Å². The van der Waals surface area contributed by atoms with Gasteiger partial charge in [-0.25, -0.2) is 0 Å². The van der Waals surface area contributed by atoms with Crippen LogP contribution in [0.5, 0.6) is 11.5 Å². The molecule has 1 aliphatic rings. The maximum atomic E-state index is 5.41. The molecule has 3 aromatic rings. The van der Waals surface area contributed by atoms with E-state index >= 15 is 0 Å². The van der Waals surface area contributed by atoms with Crippen molar-refractivity contribution in [2.24, 2.45) is 4.99 Å². The van der Waals surface area contributed by atoms with Crippen LogP contribution < -0.4 is 20.1 Å². The molecule has 27 heavy (non-hydrogen) atoms. The summed E-state index contributed by atoms with van der Waals surface area (Å²) in [6.07, 6.45) is 3.00. The largest absolute Gasteiger partial charge is 0.454 e. The quantitative estimate of drug-likeness (QED) is 0.299. The van der Waals surface area contributed by atoms with Crippen molar-refractivity contribution in [3.63, 3.8) is 0 Å². The zero-order chi connectivity index (χ0) is 17.8. The molecule has 0 bridgehead atoms. The SMILES string of the molecule is CN=C(NCCc1c[nH]c2ccccc12)NCc1ccc2c(c1)OCO2.I. The Morgan fingerprint density at radius 2 is 1.96 bits per heavy atom. The van der Waals surface area contributed by atoms with Crippen molar-refractivity contribution in [2.75, 3.05) is 20.4 Å². The second-order valence-corrected chi connectivity index (χ2v) is 6.15. The lowest BCUT2D eigenvalue weighted by Crippen LogP contribution is -2.37. The van der Waals surface area contributed by atoms with E-state index in [1.165, 1.54) is 16.5 Å². The van der Waals surface area contributed by atoms with E-state index in [2.05, 4.69) is 45.0 Å². The number of hydrogen-bond acceptors (Lipinski definition) is 3. The second-order valence-electron chi connectivity index (χ2n) is 6.15. The Morgan fingerprint density at radius 3 is 2.85 bits per heavy atom. The molecule has 2 aromatic carbocycles. The van der Waals surface area contributed by atoms with Gasteiger partial charge >= 0.3 is 0 Å². The van der Waals surface area contributed by atoms with Crippen molar-refractivity contribution >= 4 is 40.8 Å². The van der Waals surface area contributed by atoms with Gasteiger partial charge < -0.3 is 25.1 Å². The molecule has 0 unspecified atom stereocenters. The minimum Gasteiger partial charge on any atom is -0.454 e. The lowest BCUT2D eigenvalue weighted by molar-refractivity contribution is 0.174. The number of para-hydroxylation sites is 1. The predicted molar refractivity (Wildman–Crippen MR) is 118 cm³/mol. The summed E-state index contributed by atoms with van der Waals surface area (Å²) < 4.78 is 10.8. The minimum atomic E-state index is 0. The number of aromatic amines is 1. The number of guanidine groups is 1. The Kier molecular flexibility index (Phi) is 6.44. The van der Waals surface area contributed by atoms with Gasteiger partial charge in [0.25, 0.3) is 0 Å². The smallest absolute Gasteiger partial charge is 0.231 e. The number of nitrogens with zero attached hydrogens (tertiary/aromatic N) is 1. The topological polar surface area (TPSA) is 70.7 Å². The summed E-state index contributed by atoms with van der Waals surface area (Å²) in [5.41, 5.74) is 3.60. The van der Waals surface area contributed by atoms with Crippen LogP contribution >= 0.6 is 24.0 Å². The van der Waals surface area contributed by atoms with Crippen LogP contribution in [0.25, 0.3) is 10.9 Å². The minimum absolute atomic E-state index is 0. The summed E-state index contributed by atoms with van der Waals surface area (Å²) in [4.78, 5) is 7.60. The highest BCUT2D eigenvalue weighted by Gasteiger charge is 2.13. The number of ether oxygens (including phenoxy) is 2. The number of benzene rings is 2. The number of halogens is 1. The fourth-order valence-electron chi connectivity index (χ4n) is 3.11. The van der Waals surface area contributed by atoms with Crippen LogP contribution in [0.2, 0.25) is 0 Å². The number of fused-ring (bicyclic) bond motifs is 2. The van der Waals surface area contributed by atoms with E-state index in [-0.39, 0.29) is 24.0 Å². The first-order valence-corrected chi connectivity index (χ1v) is 8.71. The van der Waals surface area contributed by atoms with Crippen molar-refractivity contribution in [2.45, 2.75) is 13.0 Å². The first-order chi connectivity index (χ1) is 12.8. The summed E-state index contributed by atoms with van der Waals surface area (Å²) in [5, 5.41) is 7.97. The molecule has 0 atom stereocenters. The Labute approximate surface area is 175 Å². The average molecular weight is 478 g/mol. The number of rotatable bonds is 5. The standard InChI is InChI=1S/C20H22N4O2.HI/c1-21-20(24-11-14-6-7-18-19(10-14)26-13-25-18)22-9-8-15-12-23-17-5-3-2-4-16(15)17;/h2-7,10,12,23H,8-9,11,13H2,1H3,(H2,21,22,24);1H. The number of H-pyrrole nitrogens is 1. The molecule has 4 rings (SSSR count). The highest BCUT2D eigenvalue weighted by atomic mass is 127. The van der Waals surface area contributed by atoms with E-state index < -0.39 is 0 Å².